The molecule has 1 saturated carbocycles. The summed E-state index contributed by atoms with van der Waals surface area (Å²) in [5, 5.41) is 3.61. The van der Waals surface area contributed by atoms with Crippen molar-refractivity contribution in [2.75, 3.05) is 26.7 Å². The Morgan fingerprint density at radius 2 is 1.88 bits per heavy atom. The molecule has 16 heavy (non-hydrogen) atoms. The summed E-state index contributed by atoms with van der Waals surface area (Å²) in [6, 6.07) is 0. The van der Waals surface area contributed by atoms with E-state index in [1.165, 1.54) is 38.6 Å². The van der Waals surface area contributed by atoms with Gasteiger partial charge in [-0.1, -0.05) is 19.8 Å². The van der Waals surface area contributed by atoms with Gasteiger partial charge in [-0.25, -0.2) is 0 Å². The van der Waals surface area contributed by atoms with E-state index in [-0.39, 0.29) is 0 Å². The maximum Gasteiger partial charge on any atom is 0.0148 e. The number of hydrogen-bond acceptors (Lipinski definition) is 2. The van der Waals surface area contributed by atoms with E-state index in [0.717, 1.165) is 19.0 Å². The average molecular weight is 226 g/mol. The molecule has 0 unspecified atom stereocenters. The van der Waals surface area contributed by atoms with Crippen LogP contribution >= 0.6 is 0 Å². The van der Waals surface area contributed by atoms with Gasteiger partial charge in [0.1, 0.15) is 0 Å². The summed E-state index contributed by atoms with van der Waals surface area (Å²) in [5.74, 6) is 0.962. The van der Waals surface area contributed by atoms with E-state index in [4.69, 9.17) is 0 Å². The van der Waals surface area contributed by atoms with Crippen LogP contribution in [0, 0.1) is 5.92 Å². The lowest BCUT2D eigenvalue weighted by molar-refractivity contribution is 0.151. The third-order valence-corrected chi connectivity index (χ3v) is 4.43. The normalized spacial score (nSPS) is 18.6. The molecule has 0 atom stereocenters. The molecule has 1 fully saturated rings. The fraction of sp³-hybridized carbons (Fsp3) is 1.00. The van der Waals surface area contributed by atoms with Gasteiger partial charge in [-0.15, -0.1) is 0 Å². The summed E-state index contributed by atoms with van der Waals surface area (Å²) in [6.07, 6.45) is 7.02. The Kier molecular flexibility index (Phi) is 5.77. The first-order chi connectivity index (χ1) is 7.56. The Hall–Kier alpha value is -0.0800. The molecule has 0 bridgehead atoms. The molecule has 0 aromatic rings. The van der Waals surface area contributed by atoms with Gasteiger partial charge in [-0.3, -0.25) is 4.90 Å². The number of likely N-dealkylation sites (N-methyl/N-ethyl adjacent to an activating group) is 1. The largest absolute Gasteiger partial charge is 0.315 e. The molecule has 0 aromatic heterocycles. The van der Waals surface area contributed by atoms with Crippen molar-refractivity contribution in [1.29, 1.82) is 0 Å². The molecule has 0 amide bonds. The Labute approximate surface area is 102 Å². The molecule has 0 aliphatic heterocycles. The molecule has 1 aliphatic carbocycles. The fourth-order valence-electron chi connectivity index (χ4n) is 2.34. The summed E-state index contributed by atoms with van der Waals surface area (Å²) in [4.78, 5) is 2.47. The number of nitrogens with zero attached hydrogens (tertiary/aromatic N) is 1. The first-order valence-electron chi connectivity index (χ1n) is 6.98. The van der Waals surface area contributed by atoms with E-state index in [1.807, 2.05) is 0 Å². The van der Waals surface area contributed by atoms with Gasteiger partial charge >= 0.3 is 0 Å². The Balaban J connectivity index is 2.05. The molecule has 0 aromatic carbocycles. The van der Waals surface area contributed by atoms with Crippen LogP contribution < -0.4 is 5.32 Å². The van der Waals surface area contributed by atoms with Gasteiger partial charge < -0.3 is 5.32 Å². The van der Waals surface area contributed by atoms with Crippen LogP contribution in [0.4, 0.5) is 0 Å². The third-order valence-electron chi connectivity index (χ3n) is 4.43. The Bertz CT molecular complexity index is 183. The molecule has 2 heteroatoms. The van der Waals surface area contributed by atoms with Crippen molar-refractivity contribution in [3.8, 4) is 0 Å². The third kappa shape index (κ3) is 4.42. The SMILES string of the molecule is CCC(C)(C)N(C)CCNCC1CCCC1. The van der Waals surface area contributed by atoms with E-state index in [2.05, 4.69) is 38.0 Å². The number of rotatable bonds is 7. The van der Waals surface area contributed by atoms with Crippen LogP contribution in [0.15, 0.2) is 0 Å². The highest BCUT2D eigenvalue weighted by atomic mass is 15.2. The monoisotopic (exact) mass is 226 g/mol. The smallest absolute Gasteiger partial charge is 0.0148 e. The van der Waals surface area contributed by atoms with Crippen LogP contribution in [0.25, 0.3) is 0 Å². The molecular formula is C14H30N2. The molecule has 1 aliphatic rings. The molecule has 96 valence electrons. The maximum absolute atomic E-state index is 3.61. The van der Waals surface area contributed by atoms with Crippen molar-refractivity contribution in [3.63, 3.8) is 0 Å². The van der Waals surface area contributed by atoms with Gasteiger partial charge in [0.15, 0.2) is 0 Å². The second-order valence-electron chi connectivity index (χ2n) is 5.94. The van der Waals surface area contributed by atoms with Crippen molar-refractivity contribution in [2.45, 2.75) is 58.4 Å². The molecule has 0 saturated heterocycles. The molecule has 0 heterocycles. The molecule has 1 rings (SSSR count). The molecular weight excluding hydrogens is 196 g/mol. The second kappa shape index (κ2) is 6.61. The molecule has 2 nitrogen and oxygen atoms in total. The highest BCUT2D eigenvalue weighted by molar-refractivity contribution is 4.78. The fourth-order valence-corrected chi connectivity index (χ4v) is 2.34. The van der Waals surface area contributed by atoms with E-state index in [9.17, 15) is 0 Å². The topological polar surface area (TPSA) is 15.3 Å². The summed E-state index contributed by atoms with van der Waals surface area (Å²) < 4.78 is 0. The summed E-state index contributed by atoms with van der Waals surface area (Å²) in [6.45, 7) is 10.4. The predicted molar refractivity (Wildman–Crippen MR) is 71.8 cm³/mol. The summed E-state index contributed by atoms with van der Waals surface area (Å²) in [7, 11) is 2.24. The van der Waals surface area contributed by atoms with Gasteiger partial charge in [0, 0.05) is 18.6 Å². The van der Waals surface area contributed by atoms with Crippen molar-refractivity contribution in [3.05, 3.63) is 0 Å². The standard InChI is InChI=1S/C14H30N2/c1-5-14(2,3)16(4)11-10-15-12-13-8-6-7-9-13/h13,15H,5-12H2,1-4H3. The van der Waals surface area contributed by atoms with E-state index in [0.29, 0.717) is 5.54 Å². The van der Waals surface area contributed by atoms with Crippen LogP contribution in [-0.4, -0.2) is 37.1 Å². The van der Waals surface area contributed by atoms with Crippen LogP contribution in [0.2, 0.25) is 0 Å². The zero-order valence-electron chi connectivity index (χ0n) is 11.7. The first kappa shape index (κ1) is 14.0. The minimum Gasteiger partial charge on any atom is -0.315 e. The van der Waals surface area contributed by atoms with Crippen LogP contribution in [-0.2, 0) is 0 Å². The average Bonchev–Trinajstić information content (AvgIpc) is 2.76. The zero-order chi connectivity index (χ0) is 12.0. The lowest BCUT2D eigenvalue weighted by Gasteiger charge is -2.34. The van der Waals surface area contributed by atoms with E-state index >= 15 is 0 Å². The molecule has 0 spiro atoms. The lowest BCUT2D eigenvalue weighted by Crippen LogP contribution is -2.44. The highest BCUT2D eigenvalue weighted by Crippen LogP contribution is 2.23. The van der Waals surface area contributed by atoms with Crippen molar-refractivity contribution in [2.24, 2.45) is 5.92 Å². The Morgan fingerprint density at radius 3 is 2.44 bits per heavy atom. The van der Waals surface area contributed by atoms with E-state index in [1.54, 1.807) is 0 Å². The molecule has 0 radical (unpaired) electrons. The van der Waals surface area contributed by atoms with Crippen molar-refractivity contribution >= 4 is 0 Å². The van der Waals surface area contributed by atoms with E-state index < -0.39 is 0 Å². The number of nitrogens with one attached hydrogen (secondary N) is 1. The molecule has 1 N–H and O–H groups in total. The lowest BCUT2D eigenvalue weighted by atomic mass is 10.0. The van der Waals surface area contributed by atoms with Crippen LogP contribution in [0.5, 0.6) is 0 Å². The van der Waals surface area contributed by atoms with Gasteiger partial charge in [0.05, 0.1) is 0 Å². The summed E-state index contributed by atoms with van der Waals surface area (Å²) in [5.41, 5.74) is 0.342. The van der Waals surface area contributed by atoms with Crippen LogP contribution in [0.3, 0.4) is 0 Å². The van der Waals surface area contributed by atoms with Crippen LogP contribution in [0.1, 0.15) is 52.9 Å². The van der Waals surface area contributed by atoms with Gasteiger partial charge in [-0.2, -0.15) is 0 Å². The minimum atomic E-state index is 0.342. The highest BCUT2D eigenvalue weighted by Gasteiger charge is 2.20. The van der Waals surface area contributed by atoms with Gasteiger partial charge in [0.25, 0.3) is 0 Å². The van der Waals surface area contributed by atoms with Gasteiger partial charge in [-0.05, 0) is 52.6 Å². The maximum atomic E-state index is 3.61. The first-order valence-corrected chi connectivity index (χ1v) is 6.98. The van der Waals surface area contributed by atoms with Gasteiger partial charge in [0.2, 0.25) is 0 Å². The minimum absolute atomic E-state index is 0.342. The summed E-state index contributed by atoms with van der Waals surface area (Å²) >= 11 is 0. The van der Waals surface area contributed by atoms with Crippen molar-refractivity contribution < 1.29 is 0 Å². The number of hydrogen-bond donors (Lipinski definition) is 1. The quantitative estimate of drug-likeness (QED) is 0.672. The zero-order valence-corrected chi connectivity index (χ0v) is 11.7. The second-order valence-corrected chi connectivity index (χ2v) is 5.94. The Morgan fingerprint density at radius 1 is 1.25 bits per heavy atom. The van der Waals surface area contributed by atoms with Crippen molar-refractivity contribution in [1.82, 2.24) is 10.2 Å². The predicted octanol–water partition coefficient (Wildman–Crippen LogP) is 2.89.